The maximum atomic E-state index is 13.9. The van der Waals surface area contributed by atoms with E-state index in [1.54, 1.807) is 57.6 Å². The molecule has 0 saturated carbocycles. The van der Waals surface area contributed by atoms with Crippen LogP contribution < -0.4 is 20.9 Å². The molecule has 0 fully saturated rings. The number of alkyl halides is 3. The summed E-state index contributed by atoms with van der Waals surface area (Å²) < 4.78 is 54.3. The zero-order chi connectivity index (χ0) is 33.4. The Morgan fingerprint density at radius 3 is 2.29 bits per heavy atom. The molecule has 4 aromatic rings. The van der Waals surface area contributed by atoms with Crippen molar-refractivity contribution >= 4 is 80.7 Å². The molecule has 45 heavy (non-hydrogen) atoms. The third-order valence-corrected chi connectivity index (χ3v) is 7.91. The van der Waals surface area contributed by atoms with Gasteiger partial charge in [0.25, 0.3) is 5.91 Å². The van der Waals surface area contributed by atoms with Gasteiger partial charge in [-0.3, -0.25) is 9.59 Å². The highest BCUT2D eigenvalue weighted by Gasteiger charge is 2.29. The standard InChI is InChI=1S/C30H29Cl3F4N6O2/c1-29(2,3)27(45)38-13-15-6-8-18(31)25(24(15)33)41-28-40-21-11-17(26(44)39-14-30(35,36)37)22(12-23(21)43(28)5)42(4)16-7-9-20(34)19(32)10-16/h6-12H,13-14H2,1-5H3,(H,38,45)(H,39,44)(H,40,41). The number of carbonyl (C=O) groups is 2. The molecule has 0 atom stereocenters. The third kappa shape index (κ3) is 7.74. The Bertz CT molecular complexity index is 1790. The first-order chi connectivity index (χ1) is 20.9. The second kappa shape index (κ2) is 12.9. The van der Waals surface area contributed by atoms with Crippen LogP contribution >= 0.6 is 34.8 Å². The Balaban J connectivity index is 1.76. The van der Waals surface area contributed by atoms with Crippen LogP contribution in [0, 0.1) is 11.2 Å². The van der Waals surface area contributed by atoms with E-state index >= 15 is 0 Å². The number of nitrogens with one attached hydrogen (secondary N) is 3. The normalized spacial score (nSPS) is 11.9. The number of aromatic nitrogens is 2. The molecule has 0 unspecified atom stereocenters. The average Bonchev–Trinajstić information content (AvgIpc) is 3.26. The lowest BCUT2D eigenvalue weighted by molar-refractivity contribution is -0.128. The highest BCUT2D eigenvalue weighted by atomic mass is 35.5. The maximum Gasteiger partial charge on any atom is 0.405 e. The van der Waals surface area contributed by atoms with Crippen LogP contribution in [0.2, 0.25) is 15.1 Å². The van der Waals surface area contributed by atoms with Gasteiger partial charge in [0.05, 0.1) is 43.0 Å². The molecule has 4 rings (SSSR count). The molecular formula is C30H29Cl3F4N6O2. The summed E-state index contributed by atoms with van der Waals surface area (Å²) >= 11 is 19.1. The van der Waals surface area contributed by atoms with Gasteiger partial charge in [-0.15, -0.1) is 0 Å². The number of anilines is 4. The van der Waals surface area contributed by atoms with Crippen LogP contribution in [0.3, 0.4) is 0 Å². The Labute approximate surface area is 271 Å². The number of hydrogen-bond donors (Lipinski definition) is 3. The van der Waals surface area contributed by atoms with E-state index in [0.29, 0.717) is 22.5 Å². The summed E-state index contributed by atoms with van der Waals surface area (Å²) in [6.07, 6.45) is -4.64. The number of aryl methyl sites for hydroxylation is 1. The van der Waals surface area contributed by atoms with Gasteiger partial charge < -0.3 is 25.4 Å². The minimum absolute atomic E-state index is 0.119. The molecule has 15 heteroatoms. The van der Waals surface area contributed by atoms with Crippen molar-refractivity contribution in [1.29, 1.82) is 0 Å². The molecule has 1 aromatic heterocycles. The lowest BCUT2D eigenvalue weighted by Gasteiger charge is -2.23. The van der Waals surface area contributed by atoms with Gasteiger partial charge in [-0.2, -0.15) is 13.2 Å². The van der Waals surface area contributed by atoms with Gasteiger partial charge in [-0.25, -0.2) is 9.37 Å². The van der Waals surface area contributed by atoms with Crippen molar-refractivity contribution in [3.05, 3.63) is 74.5 Å². The number of benzene rings is 3. The summed E-state index contributed by atoms with van der Waals surface area (Å²) in [4.78, 5) is 31.5. The molecule has 240 valence electrons. The molecule has 0 saturated heterocycles. The zero-order valence-corrected chi connectivity index (χ0v) is 27.0. The Morgan fingerprint density at radius 2 is 1.67 bits per heavy atom. The van der Waals surface area contributed by atoms with Gasteiger partial charge in [0.15, 0.2) is 0 Å². The average molecular weight is 688 g/mol. The fourth-order valence-corrected chi connectivity index (χ4v) is 5.01. The van der Waals surface area contributed by atoms with Crippen LogP contribution in [0.25, 0.3) is 11.0 Å². The van der Waals surface area contributed by atoms with E-state index in [1.165, 1.54) is 23.1 Å². The van der Waals surface area contributed by atoms with Crippen molar-refractivity contribution < 1.29 is 27.2 Å². The molecule has 2 amide bonds. The smallest absolute Gasteiger partial charge is 0.352 e. The molecule has 0 aliphatic carbocycles. The van der Waals surface area contributed by atoms with Gasteiger partial charge in [0, 0.05) is 31.7 Å². The summed E-state index contributed by atoms with van der Waals surface area (Å²) in [5, 5.41) is 8.15. The van der Waals surface area contributed by atoms with Crippen LogP contribution in [0.5, 0.6) is 0 Å². The number of nitrogens with zero attached hydrogens (tertiary/aromatic N) is 3. The Kier molecular flexibility index (Phi) is 9.81. The predicted octanol–water partition coefficient (Wildman–Crippen LogP) is 8.14. The fourth-order valence-electron chi connectivity index (χ4n) is 4.31. The van der Waals surface area contributed by atoms with Crippen LogP contribution in [0.1, 0.15) is 36.7 Å². The zero-order valence-electron chi connectivity index (χ0n) is 24.8. The first kappa shape index (κ1) is 34.1. The Morgan fingerprint density at radius 1 is 0.978 bits per heavy atom. The minimum Gasteiger partial charge on any atom is -0.352 e. The fraction of sp³-hybridized carbons (Fsp3) is 0.300. The van der Waals surface area contributed by atoms with E-state index in [4.69, 9.17) is 34.8 Å². The molecule has 3 aromatic carbocycles. The van der Waals surface area contributed by atoms with Gasteiger partial charge >= 0.3 is 6.18 Å². The topological polar surface area (TPSA) is 91.3 Å². The molecule has 0 aliphatic rings. The maximum absolute atomic E-state index is 13.9. The van der Waals surface area contributed by atoms with E-state index in [9.17, 15) is 27.2 Å². The van der Waals surface area contributed by atoms with Crippen LogP contribution in [0.4, 0.5) is 40.6 Å². The molecule has 3 N–H and O–H groups in total. The van der Waals surface area contributed by atoms with E-state index in [1.807, 2.05) is 5.32 Å². The number of halogens is 7. The summed E-state index contributed by atoms with van der Waals surface area (Å²) in [5.41, 5.74) is 1.50. The number of hydrogen-bond acceptors (Lipinski definition) is 5. The minimum atomic E-state index is -4.64. The van der Waals surface area contributed by atoms with Crippen LogP contribution in [0.15, 0.2) is 42.5 Å². The molecule has 0 spiro atoms. The quantitative estimate of drug-likeness (QED) is 0.163. The van der Waals surface area contributed by atoms with Crippen LogP contribution in [-0.2, 0) is 18.4 Å². The largest absolute Gasteiger partial charge is 0.405 e. The van der Waals surface area contributed by atoms with E-state index < -0.39 is 29.9 Å². The monoisotopic (exact) mass is 686 g/mol. The highest BCUT2D eigenvalue weighted by Crippen LogP contribution is 2.38. The molecular weight excluding hydrogens is 659 g/mol. The SMILES string of the molecule is CN(c1ccc(F)c(Cl)c1)c1cc2c(cc1C(=O)NCC(F)(F)F)nc(Nc1c(Cl)ccc(CNC(=O)C(C)(C)C)c1Cl)n2C. The first-order valence-corrected chi connectivity index (χ1v) is 14.6. The van der Waals surface area contributed by atoms with Gasteiger partial charge in [-0.05, 0) is 42.0 Å². The molecule has 8 nitrogen and oxygen atoms in total. The predicted molar refractivity (Wildman–Crippen MR) is 170 cm³/mol. The van der Waals surface area contributed by atoms with Gasteiger partial charge in [0.2, 0.25) is 11.9 Å². The lowest BCUT2D eigenvalue weighted by atomic mass is 9.95. The lowest BCUT2D eigenvalue weighted by Crippen LogP contribution is -2.34. The number of amides is 2. The number of carbonyl (C=O) groups excluding carboxylic acids is 2. The Hall–Kier alpha value is -3.74. The van der Waals surface area contributed by atoms with Gasteiger partial charge in [-0.1, -0.05) is 61.6 Å². The first-order valence-electron chi connectivity index (χ1n) is 13.4. The second-order valence-corrected chi connectivity index (χ2v) is 12.5. The molecule has 1 heterocycles. The van der Waals surface area contributed by atoms with E-state index in [2.05, 4.69) is 15.6 Å². The molecule has 0 bridgehead atoms. The number of fused-ring (bicyclic) bond motifs is 1. The van der Waals surface area contributed by atoms with Crippen molar-refractivity contribution in [2.75, 3.05) is 23.8 Å². The summed E-state index contributed by atoms with van der Waals surface area (Å²) in [6, 6.07) is 10.1. The van der Waals surface area contributed by atoms with E-state index in [0.717, 1.165) is 6.07 Å². The summed E-state index contributed by atoms with van der Waals surface area (Å²) in [6.45, 7) is 3.95. The number of rotatable bonds is 8. The van der Waals surface area contributed by atoms with Crippen molar-refractivity contribution in [3.63, 3.8) is 0 Å². The van der Waals surface area contributed by atoms with Crippen molar-refractivity contribution in [2.24, 2.45) is 12.5 Å². The van der Waals surface area contributed by atoms with Crippen molar-refractivity contribution in [3.8, 4) is 0 Å². The summed E-state index contributed by atoms with van der Waals surface area (Å²) in [7, 11) is 3.24. The van der Waals surface area contributed by atoms with Crippen molar-refractivity contribution in [1.82, 2.24) is 20.2 Å². The number of imidazole rings is 1. The van der Waals surface area contributed by atoms with Gasteiger partial charge in [0.1, 0.15) is 12.4 Å². The second-order valence-electron chi connectivity index (χ2n) is 11.3. The van der Waals surface area contributed by atoms with Crippen molar-refractivity contribution in [2.45, 2.75) is 33.5 Å². The van der Waals surface area contributed by atoms with Crippen LogP contribution in [-0.4, -0.2) is 41.1 Å². The molecule has 0 aliphatic heterocycles. The third-order valence-electron chi connectivity index (χ3n) is 6.87. The highest BCUT2D eigenvalue weighted by molar-refractivity contribution is 6.39. The van der Waals surface area contributed by atoms with E-state index in [-0.39, 0.29) is 50.2 Å². The molecule has 0 radical (unpaired) electrons. The summed E-state index contributed by atoms with van der Waals surface area (Å²) in [5.74, 6) is -1.58.